The number of hydrogen-bond donors (Lipinski definition) is 1. The third-order valence-electron chi connectivity index (χ3n) is 4.71. The Bertz CT molecular complexity index is 773. The van der Waals surface area contributed by atoms with Crippen LogP contribution >= 0.6 is 11.3 Å². The smallest absolute Gasteiger partial charge is 0.265 e. The van der Waals surface area contributed by atoms with E-state index in [4.69, 9.17) is 0 Å². The Morgan fingerprint density at radius 1 is 1.08 bits per heavy atom. The second kappa shape index (κ2) is 6.40. The lowest BCUT2D eigenvalue weighted by molar-refractivity contribution is -0.117. The number of hydrogen-bond acceptors (Lipinski definition) is 3. The maximum absolute atomic E-state index is 12.5. The normalized spacial score (nSPS) is 17.0. The van der Waals surface area contributed by atoms with E-state index in [9.17, 15) is 9.59 Å². The molecule has 4 rings (SSSR count). The number of nitrogens with one attached hydrogen (secondary N) is 1. The maximum Gasteiger partial charge on any atom is 0.265 e. The highest BCUT2D eigenvalue weighted by Crippen LogP contribution is 2.30. The van der Waals surface area contributed by atoms with Crippen molar-refractivity contribution in [2.45, 2.75) is 38.5 Å². The van der Waals surface area contributed by atoms with Gasteiger partial charge >= 0.3 is 0 Å². The van der Waals surface area contributed by atoms with Gasteiger partial charge in [-0.25, -0.2) is 0 Å². The molecule has 0 radical (unpaired) electrons. The topological polar surface area (TPSA) is 49.4 Å². The fourth-order valence-corrected chi connectivity index (χ4v) is 4.62. The fourth-order valence-electron chi connectivity index (χ4n) is 3.47. The lowest BCUT2D eigenvalue weighted by Crippen LogP contribution is -2.23. The summed E-state index contributed by atoms with van der Waals surface area (Å²) < 4.78 is 0. The molecule has 1 fully saturated rings. The Morgan fingerprint density at radius 2 is 1.96 bits per heavy atom. The van der Waals surface area contributed by atoms with Crippen LogP contribution in [0.25, 0.3) is 0 Å². The van der Waals surface area contributed by atoms with Crippen LogP contribution < -0.4 is 10.2 Å². The zero-order chi connectivity index (χ0) is 16.5. The van der Waals surface area contributed by atoms with Crippen molar-refractivity contribution in [1.29, 1.82) is 0 Å². The van der Waals surface area contributed by atoms with Crippen LogP contribution in [0.5, 0.6) is 0 Å². The van der Waals surface area contributed by atoms with Crippen molar-refractivity contribution in [3.63, 3.8) is 0 Å². The van der Waals surface area contributed by atoms with Crippen molar-refractivity contribution in [2.24, 2.45) is 0 Å². The molecule has 1 saturated heterocycles. The number of anilines is 2. The molecule has 1 aliphatic carbocycles. The molecule has 0 saturated carbocycles. The summed E-state index contributed by atoms with van der Waals surface area (Å²) in [5.41, 5.74) is 2.94. The second-order valence-electron chi connectivity index (χ2n) is 6.42. The first-order valence-corrected chi connectivity index (χ1v) is 9.36. The third-order valence-corrected chi connectivity index (χ3v) is 5.95. The van der Waals surface area contributed by atoms with Gasteiger partial charge in [0.1, 0.15) is 0 Å². The van der Waals surface area contributed by atoms with E-state index in [1.165, 1.54) is 23.3 Å². The van der Waals surface area contributed by atoms with Crippen molar-refractivity contribution < 1.29 is 9.59 Å². The van der Waals surface area contributed by atoms with Crippen LogP contribution in [-0.4, -0.2) is 18.4 Å². The molecule has 0 atom stereocenters. The quantitative estimate of drug-likeness (QED) is 0.918. The number of rotatable bonds is 3. The van der Waals surface area contributed by atoms with Gasteiger partial charge in [0.15, 0.2) is 0 Å². The molecule has 2 heterocycles. The number of aryl methyl sites for hydroxylation is 2. The van der Waals surface area contributed by atoms with Gasteiger partial charge in [-0.3, -0.25) is 9.59 Å². The van der Waals surface area contributed by atoms with Gasteiger partial charge in [0.25, 0.3) is 5.91 Å². The molecule has 1 aromatic heterocycles. The van der Waals surface area contributed by atoms with E-state index in [0.29, 0.717) is 6.42 Å². The zero-order valence-corrected chi connectivity index (χ0v) is 14.3. The van der Waals surface area contributed by atoms with Gasteiger partial charge in [-0.2, -0.15) is 0 Å². The first-order chi connectivity index (χ1) is 11.7. The molecule has 0 unspecified atom stereocenters. The molecule has 1 aliphatic heterocycles. The molecular formula is C19H20N2O2S. The predicted molar refractivity (Wildman–Crippen MR) is 96.9 cm³/mol. The number of amides is 2. The average Bonchev–Trinajstić information content (AvgIpc) is 3.21. The Labute approximate surface area is 145 Å². The summed E-state index contributed by atoms with van der Waals surface area (Å²) >= 11 is 1.62. The summed E-state index contributed by atoms with van der Waals surface area (Å²) in [6.07, 6.45) is 6.14. The number of carbonyl (C=O) groups is 2. The maximum atomic E-state index is 12.5. The minimum atomic E-state index is -0.0562. The fraction of sp³-hybridized carbons (Fsp3) is 0.368. The van der Waals surface area contributed by atoms with E-state index in [1.807, 2.05) is 30.3 Å². The van der Waals surface area contributed by atoms with Crippen molar-refractivity contribution in [3.05, 3.63) is 45.6 Å². The summed E-state index contributed by atoms with van der Waals surface area (Å²) in [4.78, 5) is 28.4. The molecule has 124 valence electrons. The van der Waals surface area contributed by atoms with Crippen molar-refractivity contribution in [3.8, 4) is 0 Å². The van der Waals surface area contributed by atoms with Crippen LogP contribution in [0.4, 0.5) is 11.4 Å². The van der Waals surface area contributed by atoms with Crippen LogP contribution in [0.1, 0.15) is 45.8 Å². The lowest BCUT2D eigenvalue weighted by Gasteiger charge is -2.16. The standard InChI is InChI=1S/C19H20N2O2S/c22-18-9-4-10-21(18)15-7-3-6-14(12-15)20-19(23)17-11-13-5-1-2-8-16(13)24-17/h3,6-7,11-12H,1-2,4-5,8-10H2,(H,20,23). The largest absolute Gasteiger partial charge is 0.321 e. The third kappa shape index (κ3) is 2.96. The monoisotopic (exact) mass is 340 g/mol. The van der Waals surface area contributed by atoms with Gasteiger partial charge in [-0.15, -0.1) is 11.3 Å². The van der Waals surface area contributed by atoms with Crippen LogP contribution in [0.3, 0.4) is 0 Å². The average molecular weight is 340 g/mol. The number of thiophene rings is 1. The highest BCUT2D eigenvalue weighted by atomic mass is 32.1. The van der Waals surface area contributed by atoms with Gasteiger partial charge in [0.05, 0.1) is 4.88 Å². The van der Waals surface area contributed by atoms with E-state index in [2.05, 4.69) is 5.32 Å². The minimum absolute atomic E-state index is 0.0562. The summed E-state index contributed by atoms with van der Waals surface area (Å²) in [5.74, 6) is 0.101. The van der Waals surface area contributed by atoms with E-state index in [-0.39, 0.29) is 11.8 Å². The zero-order valence-electron chi connectivity index (χ0n) is 13.5. The van der Waals surface area contributed by atoms with Crippen LogP contribution in [0.15, 0.2) is 30.3 Å². The van der Waals surface area contributed by atoms with E-state index in [1.54, 1.807) is 16.2 Å². The molecule has 0 bridgehead atoms. The van der Waals surface area contributed by atoms with Gasteiger partial charge in [0.2, 0.25) is 5.91 Å². The molecule has 5 heteroatoms. The first-order valence-electron chi connectivity index (χ1n) is 8.54. The Hall–Kier alpha value is -2.14. The summed E-state index contributed by atoms with van der Waals surface area (Å²) in [6.45, 7) is 0.758. The molecule has 2 aliphatic rings. The van der Waals surface area contributed by atoms with Crippen molar-refractivity contribution in [2.75, 3.05) is 16.8 Å². The highest BCUT2D eigenvalue weighted by Gasteiger charge is 2.22. The van der Waals surface area contributed by atoms with Crippen LogP contribution in [0, 0.1) is 0 Å². The number of benzene rings is 1. The lowest BCUT2D eigenvalue weighted by atomic mass is 9.99. The van der Waals surface area contributed by atoms with Crippen LogP contribution in [-0.2, 0) is 17.6 Å². The SMILES string of the molecule is O=C(Nc1cccc(N2CCCC2=O)c1)c1cc2c(s1)CCCC2. The minimum Gasteiger partial charge on any atom is -0.321 e. The van der Waals surface area contributed by atoms with Crippen molar-refractivity contribution in [1.82, 2.24) is 0 Å². The Balaban J connectivity index is 1.51. The molecule has 2 aromatic rings. The number of nitrogens with zero attached hydrogens (tertiary/aromatic N) is 1. The molecule has 24 heavy (non-hydrogen) atoms. The summed E-state index contributed by atoms with van der Waals surface area (Å²) in [7, 11) is 0. The number of carbonyl (C=O) groups excluding carboxylic acids is 2. The highest BCUT2D eigenvalue weighted by molar-refractivity contribution is 7.14. The van der Waals surface area contributed by atoms with E-state index < -0.39 is 0 Å². The first kappa shape index (κ1) is 15.4. The summed E-state index contributed by atoms with van der Waals surface area (Å²) in [5, 5.41) is 2.98. The van der Waals surface area contributed by atoms with Gasteiger partial charge < -0.3 is 10.2 Å². The second-order valence-corrected chi connectivity index (χ2v) is 7.56. The molecule has 1 aromatic carbocycles. The summed E-state index contributed by atoms with van der Waals surface area (Å²) in [6, 6.07) is 9.60. The molecule has 0 spiro atoms. The van der Waals surface area contributed by atoms with Crippen LogP contribution in [0.2, 0.25) is 0 Å². The van der Waals surface area contributed by atoms with E-state index in [0.717, 1.165) is 42.1 Å². The Kier molecular flexibility index (Phi) is 4.10. The van der Waals surface area contributed by atoms with Gasteiger partial charge in [-0.1, -0.05) is 6.07 Å². The Morgan fingerprint density at radius 3 is 2.75 bits per heavy atom. The van der Waals surface area contributed by atoms with Crippen molar-refractivity contribution >= 4 is 34.5 Å². The molecular weight excluding hydrogens is 320 g/mol. The molecule has 1 N–H and O–H groups in total. The van der Waals surface area contributed by atoms with E-state index >= 15 is 0 Å². The molecule has 4 nitrogen and oxygen atoms in total. The predicted octanol–water partition coefficient (Wildman–Crippen LogP) is 4.01. The van der Waals surface area contributed by atoms with Gasteiger partial charge in [0, 0.05) is 29.2 Å². The molecule has 2 amide bonds. The number of fused-ring (bicyclic) bond motifs is 1. The van der Waals surface area contributed by atoms with Gasteiger partial charge in [-0.05, 0) is 61.9 Å².